The minimum atomic E-state index is -0.0720. The Labute approximate surface area is 153 Å². The van der Waals surface area contributed by atoms with Gasteiger partial charge >= 0.3 is 0 Å². The number of nitrogens with two attached hydrogens (primary N) is 1. The maximum atomic E-state index is 12.5. The Morgan fingerprint density at radius 2 is 2.12 bits per heavy atom. The number of rotatable bonds is 9. The molecule has 25 heavy (non-hydrogen) atoms. The number of nitrogens with one attached hydrogen (secondary N) is 1. The maximum Gasteiger partial charge on any atom is 0.261 e. The molecule has 0 aliphatic heterocycles. The number of hydrazone groups is 1. The fourth-order valence-electron chi connectivity index (χ4n) is 2.45. The topological polar surface area (TPSA) is 70.7 Å². The zero-order valence-corrected chi connectivity index (χ0v) is 15.6. The smallest absolute Gasteiger partial charge is 0.261 e. The Morgan fingerprint density at radius 1 is 1.36 bits per heavy atom. The van der Waals surface area contributed by atoms with Crippen molar-refractivity contribution in [1.29, 1.82) is 0 Å². The Bertz CT molecular complexity index is 684. The third-order valence-corrected chi connectivity index (χ3v) is 4.67. The van der Waals surface area contributed by atoms with E-state index in [1.54, 1.807) is 0 Å². The first-order valence-electron chi connectivity index (χ1n) is 8.48. The number of carbonyl (C=O) groups is 1. The highest BCUT2D eigenvalue weighted by molar-refractivity contribution is 7.12. The quantitative estimate of drug-likeness (QED) is 0.535. The third kappa shape index (κ3) is 6.32. The number of thiophene rings is 1. The number of benzene rings is 1. The molecule has 0 aliphatic rings. The van der Waals surface area contributed by atoms with E-state index in [2.05, 4.69) is 10.4 Å². The Kier molecular flexibility index (Phi) is 7.63. The lowest BCUT2D eigenvalue weighted by Gasteiger charge is -2.16. The lowest BCUT2D eigenvalue weighted by molar-refractivity contribution is 0.0942. The zero-order valence-electron chi connectivity index (χ0n) is 14.8. The van der Waals surface area contributed by atoms with Crippen molar-refractivity contribution in [3.63, 3.8) is 0 Å². The van der Waals surface area contributed by atoms with Crippen LogP contribution in [0, 0.1) is 0 Å². The molecule has 2 aromatic rings. The Hall–Kier alpha value is -2.18. The van der Waals surface area contributed by atoms with Crippen LogP contribution in [0.1, 0.15) is 34.1 Å². The van der Waals surface area contributed by atoms with Crippen LogP contribution in [0.25, 0.3) is 0 Å². The minimum Gasteiger partial charge on any atom is -0.347 e. The van der Waals surface area contributed by atoms with Crippen LogP contribution >= 0.6 is 11.3 Å². The number of nitrogens with zero attached hydrogens (tertiary/aromatic N) is 2. The molecule has 3 N–H and O–H groups in total. The van der Waals surface area contributed by atoms with E-state index in [1.165, 1.54) is 16.9 Å². The molecule has 0 saturated carbocycles. The molecule has 1 heterocycles. The largest absolute Gasteiger partial charge is 0.347 e. The fraction of sp³-hybridized carbons (Fsp3) is 0.368. The van der Waals surface area contributed by atoms with E-state index < -0.39 is 0 Å². The van der Waals surface area contributed by atoms with Gasteiger partial charge in [0.2, 0.25) is 0 Å². The summed E-state index contributed by atoms with van der Waals surface area (Å²) in [6, 6.07) is 11.9. The van der Waals surface area contributed by atoms with E-state index in [0.717, 1.165) is 18.4 Å². The van der Waals surface area contributed by atoms with Gasteiger partial charge in [-0.2, -0.15) is 5.10 Å². The molecule has 2 rings (SSSR count). The molecule has 1 aromatic carbocycles. The predicted molar refractivity (Wildman–Crippen MR) is 105 cm³/mol. The molecule has 5 nitrogen and oxygen atoms in total. The van der Waals surface area contributed by atoms with Crippen molar-refractivity contribution in [2.24, 2.45) is 10.8 Å². The predicted octanol–water partition coefficient (Wildman–Crippen LogP) is 2.88. The summed E-state index contributed by atoms with van der Waals surface area (Å²) in [5.41, 5.74) is 8.08. The number of amides is 1. The minimum absolute atomic E-state index is 0.0673. The second kappa shape index (κ2) is 9.96. The molecule has 0 fully saturated rings. The summed E-state index contributed by atoms with van der Waals surface area (Å²) in [5, 5.41) is 11.2. The normalized spacial score (nSPS) is 12.3. The molecule has 1 atom stereocenters. The first kappa shape index (κ1) is 19.1. The molecule has 1 unspecified atom stereocenters. The average molecular weight is 359 g/mol. The van der Waals surface area contributed by atoms with Gasteiger partial charge in [-0.15, -0.1) is 11.3 Å². The van der Waals surface area contributed by atoms with E-state index in [9.17, 15) is 4.79 Å². The van der Waals surface area contributed by atoms with Gasteiger partial charge in [-0.1, -0.05) is 37.3 Å². The van der Waals surface area contributed by atoms with Gasteiger partial charge < -0.3 is 11.1 Å². The molecular formula is C19H26N4OS. The van der Waals surface area contributed by atoms with Gasteiger partial charge in [0.15, 0.2) is 0 Å². The van der Waals surface area contributed by atoms with Crippen LogP contribution in [-0.4, -0.2) is 36.8 Å². The maximum absolute atomic E-state index is 12.5. The lowest BCUT2D eigenvalue weighted by Crippen LogP contribution is -2.41. The van der Waals surface area contributed by atoms with Gasteiger partial charge in [0.25, 0.3) is 5.91 Å². The van der Waals surface area contributed by atoms with Gasteiger partial charge in [-0.25, -0.2) is 0 Å². The Balaban J connectivity index is 1.92. The summed E-state index contributed by atoms with van der Waals surface area (Å²) in [4.78, 5) is 13.2. The lowest BCUT2D eigenvalue weighted by atomic mass is 10.1. The van der Waals surface area contributed by atoms with Gasteiger partial charge in [0.1, 0.15) is 0 Å². The molecule has 6 heteroatoms. The number of carbonyl (C=O) groups excluding carboxylic acids is 1. The second-order valence-electron chi connectivity index (χ2n) is 5.94. The van der Waals surface area contributed by atoms with Crippen LogP contribution in [0.2, 0.25) is 0 Å². The second-order valence-corrected chi connectivity index (χ2v) is 6.85. The van der Waals surface area contributed by atoms with E-state index >= 15 is 0 Å². The molecular weight excluding hydrogens is 332 g/mol. The Morgan fingerprint density at radius 3 is 2.80 bits per heavy atom. The molecule has 0 saturated heterocycles. The monoisotopic (exact) mass is 358 g/mol. The van der Waals surface area contributed by atoms with Gasteiger partial charge in [-0.3, -0.25) is 9.80 Å². The highest BCUT2D eigenvalue weighted by atomic mass is 32.1. The summed E-state index contributed by atoms with van der Waals surface area (Å²) >= 11 is 1.45. The third-order valence-electron chi connectivity index (χ3n) is 3.69. The summed E-state index contributed by atoms with van der Waals surface area (Å²) < 4.78 is 0. The van der Waals surface area contributed by atoms with Crippen LogP contribution in [0.3, 0.4) is 0 Å². The molecule has 0 radical (unpaired) electrons. The molecule has 134 valence electrons. The van der Waals surface area contributed by atoms with Crippen LogP contribution < -0.4 is 11.1 Å². The highest BCUT2D eigenvalue weighted by Gasteiger charge is 2.15. The van der Waals surface area contributed by atoms with Crippen LogP contribution in [0.15, 0.2) is 46.9 Å². The van der Waals surface area contributed by atoms with E-state index in [1.807, 2.05) is 67.0 Å². The van der Waals surface area contributed by atoms with Crippen molar-refractivity contribution < 1.29 is 4.79 Å². The van der Waals surface area contributed by atoms with E-state index in [0.29, 0.717) is 18.0 Å². The van der Waals surface area contributed by atoms with Crippen LogP contribution in [0.5, 0.6) is 0 Å². The van der Waals surface area contributed by atoms with Crippen molar-refractivity contribution >= 4 is 23.5 Å². The van der Waals surface area contributed by atoms with Crippen molar-refractivity contribution in [2.45, 2.75) is 32.4 Å². The van der Waals surface area contributed by atoms with E-state index in [4.69, 9.17) is 5.73 Å². The van der Waals surface area contributed by atoms with Gasteiger partial charge in [0.05, 0.1) is 11.4 Å². The van der Waals surface area contributed by atoms with Crippen LogP contribution in [-0.2, 0) is 13.0 Å². The summed E-state index contributed by atoms with van der Waals surface area (Å²) in [7, 11) is 1.92. The molecule has 0 aliphatic carbocycles. The average Bonchev–Trinajstić information content (AvgIpc) is 3.08. The molecule has 1 amide bonds. The summed E-state index contributed by atoms with van der Waals surface area (Å²) in [5.74, 6) is -0.0673. The van der Waals surface area contributed by atoms with Crippen molar-refractivity contribution in [3.05, 3.63) is 57.8 Å². The summed E-state index contributed by atoms with van der Waals surface area (Å²) in [6.07, 6.45) is 3.51. The van der Waals surface area contributed by atoms with Crippen molar-refractivity contribution in [3.8, 4) is 0 Å². The van der Waals surface area contributed by atoms with Crippen molar-refractivity contribution in [1.82, 2.24) is 10.3 Å². The molecule has 0 bridgehead atoms. The number of hydrogen-bond donors (Lipinski definition) is 2. The first-order chi connectivity index (χ1) is 12.1. The number of hydrogen-bond acceptors (Lipinski definition) is 5. The molecule has 1 aromatic heterocycles. The van der Waals surface area contributed by atoms with Crippen molar-refractivity contribution in [2.75, 3.05) is 13.6 Å². The van der Waals surface area contributed by atoms with E-state index in [-0.39, 0.29) is 11.9 Å². The highest BCUT2D eigenvalue weighted by Crippen LogP contribution is 2.16. The zero-order chi connectivity index (χ0) is 18.1. The first-order valence-corrected chi connectivity index (χ1v) is 9.36. The molecule has 0 spiro atoms. The fourth-order valence-corrected chi connectivity index (χ4v) is 3.26. The summed E-state index contributed by atoms with van der Waals surface area (Å²) in [6.45, 7) is 3.14. The van der Waals surface area contributed by atoms with Gasteiger partial charge in [0, 0.05) is 25.8 Å². The standard InChI is InChI=1S/C19H26N4OS/c1-3-9-21-23(2)13-16-11-18(25-14-16)19(24)22-17(12-20)10-15-7-5-4-6-8-15/h4-9,11,14,17H,3,10,12-13,20H2,1-2H3,(H,22,24)/b21-9-. The SMILES string of the molecule is CC/C=N\N(C)Cc1csc(C(=O)NC(CN)Cc2ccccc2)c1. The van der Waals surface area contributed by atoms with Gasteiger partial charge in [-0.05, 0) is 35.4 Å². The van der Waals surface area contributed by atoms with Crippen LogP contribution in [0.4, 0.5) is 0 Å².